The lowest BCUT2D eigenvalue weighted by atomic mass is 10.00. The fraction of sp³-hybridized carbons (Fsp3) is 0.0435. The molecule has 0 saturated heterocycles. The quantitative estimate of drug-likeness (QED) is 0.176. The molecule has 0 unspecified atom stereocenters. The van der Waals surface area contributed by atoms with Crippen LogP contribution in [0, 0.1) is 13.8 Å². The van der Waals surface area contributed by atoms with E-state index in [0.29, 0.717) is 0 Å². The number of benzene rings is 8. The van der Waals surface area contributed by atoms with Crippen molar-refractivity contribution in [1.29, 1.82) is 0 Å². The summed E-state index contributed by atoms with van der Waals surface area (Å²) in [7, 11) is 0. The first-order valence-electron chi connectivity index (χ1n) is 16.5. The number of para-hydroxylation sites is 2. The molecular formula is C46H36N2. The highest BCUT2D eigenvalue weighted by molar-refractivity contribution is 6.00. The van der Waals surface area contributed by atoms with Gasteiger partial charge in [0.2, 0.25) is 0 Å². The van der Waals surface area contributed by atoms with E-state index in [1.807, 2.05) is 0 Å². The van der Waals surface area contributed by atoms with E-state index in [2.05, 4.69) is 206 Å². The van der Waals surface area contributed by atoms with Crippen LogP contribution in [0.25, 0.3) is 32.7 Å². The van der Waals surface area contributed by atoms with Gasteiger partial charge in [-0.3, -0.25) is 0 Å². The van der Waals surface area contributed by atoms with Crippen LogP contribution < -0.4 is 9.80 Å². The summed E-state index contributed by atoms with van der Waals surface area (Å²) in [4.78, 5) is 4.71. The number of hydrogen-bond acceptors (Lipinski definition) is 2. The lowest BCUT2D eigenvalue weighted by Gasteiger charge is -2.27. The zero-order valence-electron chi connectivity index (χ0n) is 27.2. The second kappa shape index (κ2) is 12.6. The van der Waals surface area contributed by atoms with Crippen LogP contribution in [0.2, 0.25) is 0 Å². The summed E-state index contributed by atoms with van der Waals surface area (Å²) in [6.45, 7) is 4.38. The molecule has 0 aliphatic rings. The van der Waals surface area contributed by atoms with Gasteiger partial charge in [-0.2, -0.15) is 0 Å². The molecule has 0 spiro atoms. The maximum atomic E-state index is 2.37. The van der Waals surface area contributed by atoms with Crippen molar-refractivity contribution in [3.05, 3.63) is 193 Å². The van der Waals surface area contributed by atoms with Crippen LogP contribution in [0.5, 0.6) is 0 Å². The molecule has 2 heteroatoms. The van der Waals surface area contributed by atoms with Crippen LogP contribution in [-0.2, 0) is 0 Å². The first kappa shape index (κ1) is 29.3. The Hall–Kier alpha value is -6.12. The number of anilines is 6. The van der Waals surface area contributed by atoms with Crippen LogP contribution in [0.4, 0.5) is 34.1 Å². The van der Waals surface area contributed by atoms with E-state index >= 15 is 0 Å². The van der Waals surface area contributed by atoms with Gasteiger partial charge in [-0.05, 0) is 114 Å². The molecular weight excluding hydrogens is 581 g/mol. The number of rotatable bonds is 7. The molecule has 8 rings (SSSR count). The Morgan fingerprint density at radius 1 is 0.312 bits per heavy atom. The second-order valence-corrected chi connectivity index (χ2v) is 12.4. The van der Waals surface area contributed by atoms with Gasteiger partial charge in [-0.1, -0.05) is 115 Å². The number of fused-ring (bicyclic) bond motifs is 2. The minimum absolute atomic E-state index is 1.12. The van der Waals surface area contributed by atoms with Crippen molar-refractivity contribution in [2.24, 2.45) is 0 Å². The van der Waals surface area contributed by atoms with Crippen LogP contribution in [-0.4, -0.2) is 0 Å². The van der Waals surface area contributed by atoms with Crippen molar-refractivity contribution in [3.8, 4) is 11.1 Å². The predicted molar refractivity (Wildman–Crippen MR) is 206 cm³/mol. The summed E-state index contributed by atoms with van der Waals surface area (Å²) in [6.07, 6.45) is 0. The topological polar surface area (TPSA) is 6.48 Å². The maximum Gasteiger partial charge on any atom is 0.0540 e. The fourth-order valence-electron chi connectivity index (χ4n) is 6.74. The average Bonchev–Trinajstić information content (AvgIpc) is 3.14. The average molecular weight is 617 g/mol. The molecule has 0 aromatic heterocycles. The van der Waals surface area contributed by atoms with Crippen molar-refractivity contribution >= 4 is 55.7 Å². The first-order valence-corrected chi connectivity index (χ1v) is 16.5. The van der Waals surface area contributed by atoms with Gasteiger partial charge in [-0.25, -0.2) is 0 Å². The molecule has 2 nitrogen and oxygen atoms in total. The molecule has 0 bridgehead atoms. The second-order valence-electron chi connectivity index (χ2n) is 12.4. The van der Waals surface area contributed by atoms with Crippen LogP contribution in [0.3, 0.4) is 0 Å². The Labute approximate surface area is 282 Å². The molecule has 0 fully saturated rings. The summed E-state index contributed by atoms with van der Waals surface area (Å²) in [5, 5.41) is 4.95. The standard InChI is InChI=1S/C46H36N2/c1-33-31-38-15-12-22-46(44(38)32-34(33)2)48(40-18-7-4-8-19-40)42-29-25-36(26-30-42)35-23-27-41(28-24-35)47(39-16-5-3-6-17-39)45-21-11-14-37-13-9-10-20-43(37)45/h3-32H,1-2H3. The molecule has 8 aromatic rings. The van der Waals surface area contributed by atoms with E-state index in [0.717, 1.165) is 28.4 Å². The van der Waals surface area contributed by atoms with Gasteiger partial charge >= 0.3 is 0 Å². The Morgan fingerprint density at radius 3 is 1.29 bits per heavy atom. The molecule has 0 radical (unpaired) electrons. The maximum absolute atomic E-state index is 2.37. The van der Waals surface area contributed by atoms with Gasteiger partial charge in [0, 0.05) is 33.5 Å². The molecule has 0 aliphatic heterocycles. The highest BCUT2D eigenvalue weighted by atomic mass is 15.1. The van der Waals surface area contributed by atoms with Gasteiger partial charge in [0.05, 0.1) is 11.4 Å². The third-order valence-electron chi connectivity index (χ3n) is 9.33. The fourth-order valence-corrected chi connectivity index (χ4v) is 6.74. The van der Waals surface area contributed by atoms with E-state index in [-0.39, 0.29) is 0 Å². The normalized spacial score (nSPS) is 11.1. The monoisotopic (exact) mass is 616 g/mol. The van der Waals surface area contributed by atoms with Crippen LogP contribution in [0.15, 0.2) is 182 Å². The van der Waals surface area contributed by atoms with Gasteiger partial charge in [0.15, 0.2) is 0 Å². The molecule has 230 valence electrons. The van der Waals surface area contributed by atoms with Crippen LogP contribution in [0.1, 0.15) is 11.1 Å². The van der Waals surface area contributed by atoms with Crippen molar-refractivity contribution in [3.63, 3.8) is 0 Å². The number of nitrogens with zero attached hydrogens (tertiary/aromatic N) is 2. The highest BCUT2D eigenvalue weighted by Crippen LogP contribution is 2.42. The van der Waals surface area contributed by atoms with Gasteiger partial charge in [-0.15, -0.1) is 0 Å². The van der Waals surface area contributed by atoms with E-state index in [1.54, 1.807) is 0 Å². The molecule has 0 heterocycles. The molecule has 0 N–H and O–H groups in total. The van der Waals surface area contributed by atoms with Gasteiger partial charge in [0.1, 0.15) is 0 Å². The zero-order chi connectivity index (χ0) is 32.5. The lowest BCUT2D eigenvalue weighted by molar-refractivity contribution is 1.29. The summed E-state index contributed by atoms with van der Waals surface area (Å²) < 4.78 is 0. The Kier molecular flexibility index (Phi) is 7.68. The van der Waals surface area contributed by atoms with E-state index in [4.69, 9.17) is 0 Å². The van der Waals surface area contributed by atoms with Crippen LogP contribution >= 0.6 is 0 Å². The minimum Gasteiger partial charge on any atom is -0.310 e. The molecule has 0 amide bonds. The summed E-state index contributed by atoms with van der Waals surface area (Å²) >= 11 is 0. The van der Waals surface area contributed by atoms with Crippen molar-refractivity contribution < 1.29 is 0 Å². The summed E-state index contributed by atoms with van der Waals surface area (Å²) in [5.74, 6) is 0. The third-order valence-corrected chi connectivity index (χ3v) is 9.33. The summed E-state index contributed by atoms with van der Waals surface area (Å²) in [5.41, 5.74) is 11.8. The van der Waals surface area contributed by atoms with E-state index in [9.17, 15) is 0 Å². The third kappa shape index (κ3) is 5.48. The Bertz CT molecular complexity index is 2340. The molecule has 0 atom stereocenters. The Balaban J connectivity index is 1.16. The van der Waals surface area contributed by atoms with E-state index < -0.39 is 0 Å². The summed E-state index contributed by atoms with van der Waals surface area (Å²) in [6, 6.07) is 65.5. The van der Waals surface area contributed by atoms with Gasteiger partial charge < -0.3 is 9.80 Å². The smallest absolute Gasteiger partial charge is 0.0540 e. The van der Waals surface area contributed by atoms with Crippen molar-refractivity contribution in [2.75, 3.05) is 9.80 Å². The minimum atomic E-state index is 1.12. The van der Waals surface area contributed by atoms with Gasteiger partial charge in [0.25, 0.3) is 0 Å². The van der Waals surface area contributed by atoms with Crippen molar-refractivity contribution in [1.82, 2.24) is 0 Å². The first-order chi connectivity index (χ1) is 23.6. The predicted octanol–water partition coefficient (Wildman–Crippen LogP) is 13.2. The number of aryl methyl sites for hydroxylation is 2. The largest absolute Gasteiger partial charge is 0.310 e. The highest BCUT2D eigenvalue weighted by Gasteiger charge is 2.17. The molecule has 8 aromatic carbocycles. The SMILES string of the molecule is Cc1cc2cccc(N(c3ccccc3)c3ccc(-c4ccc(N(c5ccccc5)c5cccc6ccccc56)cc4)cc3)c2cc1C. The zero-order valence-corrected chi connectivity index (χ0v) is 27.2. The molecule has 0 aliphatic carbocycles. The number of hydrogen-bond donors (Lipinski definition) is 0. The lowest BCUT2D eigenvalue weighted by Crippen LogP contribution is -2.10. The molecule has 0 saturated carbocycles. The Morgan fingerprint density at radius 2 is 0.729 bits per heavy atom. The molecule has 48 heavy (non-hydrogen) atoms. The van der Waals surface area contributed by atoms with E-state index in [1.165, 1.54) is 49.5 Å². The van der Waals surface area contributed by atoms with Crippen molar-refractivity contribution in [2.45, 2.75) is 13.8 Å².